The van der Waals surface area contributed by atoms with E-state index in [-0.39, 0.29) is 0 Å². The second-order valence-electron chi connectivity index (χ2n) is 4.85. The first-order valence-electron chi connectivity index (χ1n) is 7.25. The Labute approximate surface area is 114 Å². The molecular weight excluding hydrogens is 240 g/mol. The van der Waals surface area contributed by atoms with Gasteiger partial charge in [0.15, 0.2) is 11.8 Å². The van der Waals surface area contributed by atoms with E-state index in [1.807, 2.05) is 4.57 Å². The van der Waals surface area contributed by atoms with Gasteiger partial charge in [0.25, 0.3) is 0 Å². The van der Waals surface area contributed by atoms with Crippen molar-refractivity contribution in [1.29, 1.82) is 0 Å². The van der Waals surface area contributed by atoms with E-state index >= 15 is 0 Å². The maximum Gasteiger partial charge on any atom is 0.191 e. The highest BCUT2D eigenvalue weighted by Gasteiger charge is 2.15. The molecule has 19 heavy (non-hydrogen) atoms. The first-order chi connectivity index (χ1) is 9.33. The highest BCUT2D eigenvalue weighted by molar-refractivity contribution is 5.80. The number of nitrogens with zero attached hydrogens (tertiary/aromatic N) is 4. The molecule has 0 aliphatic heterocycles. The van der Waals surface area contributed by atoms with Crippen LogP contribution in [0.15, 0.2) is 11.3 Å². The largest absolute Gasteiger partial charge is 0.357 e. The van der Waals surface area contributed by atoms with Gasteiger partial charge in [-0.1, -0.05) is 12.8 Å². The van der Waals surface area contributed by atoms with Crippen molar-refractivity contribution in [2.24, 2.45) is 4.99 Å². The minimum absolute atomic E-state index is 0.565. The number of hydrogen-bond acceptors (Lipinski definition) is 3. The van der Waals surface area contributed by atoms with Gasteiger partial charge in [-0.05, 0) is 26.7 Å². The zero-order valence-electron chi connectivity index (χ0n) is 11.9. The third kappa shape index (κ3) is 3.94. The number of nitrogens with one attached hydrogen (secondary N) is 2. The van der Waals surface area contributed by atoms with E-state index < -0.39 is 0 Å². The monoisotopic (exact) mass is 264 g/mol. The molecular formula is C13H24N6. The van der Waals surface area contributed by atoms with Crippen molar-refractivity contribution >= 4 is 5.96 Å². The van der Waals surface area contributed by atoms with Gasteiger partial charge in [-0.3, -0.25) is 0 Å². The molecule has 0 amide bonds. The Bertz CT molecular complexity index is 405. The lowest BCUT2D eigenvalue weighted by Gasteiger charge is -2.16. The van der Waals surface area contributed by atoms with Gasteiger partial charge in [-0.25, -0.2) is 4.99 Å². The fraction of sp³-hybridized carbons (Fsp3) is 0.769. The second kappa shape index (κ2) is 7.11. The number of aromatic nitrogens is 3. The molecule has 0 unspecified atom stereocenters. The second-order valence-corrected chi connectivity index (χ2v) is 4.85. The quantitative estimate of drug-likeness (QED) is 0.621. The summed E-state index contributed by atoms with van der Waals surface area (Å²) >= 11 is 0. The molecule has 2 rings (SSSR count). The normalized spacial score (nSPS) is 16.8. The summed E-state index contributed by atoms with van der Waals surface area (Å²) in [4.78, 5) is 4.60. The molecule has 0 aromatic carbocycles. The maximum absolute atomic E-state index is 4.60. The first kappa shape index (κ1) is 13.8. The zero-order valence-corrected chi connectivity index (χ0v) is 11.9. The molecule has 0 atom stereocenters. The Morgan fingerprint density at radius 3 is 2.89 bits per heavy atom. The van der Waals surface area contributed by atoms with Crippen LogP contribution in [0, 0.1) is 0 Å². The minimum atomic E-state index is 0.565. The number of hydrogen-bond donors (Lipinski definition) is 2. The average Bonchev–Trinajstić information content (AvgIpc) is 3.07. The minimum Gasteiger partial charge on any atom is -0.357 e. The van der Waals surface area contributed by atoms with Crippen LogP contribution in [0.4, 0.5) is 0 Å². The lowest BCUT2D eigenvalue weighted by atomic mass is 10.2. The zero-order chi connectivity index (χ0) is 13.5. The van der Waals surface area contributed by atoms with Crippen LogP contribution in [0.5, 0.6) is 0 Å². The lowest BCUT2D eigenvalue weighted by molar-refractivity contribution is 0.611. The highest BCUT2D eigenvalue weighted by atomic mass is 15.3. The molecule has 0 spiro atoms. The summed E-state index contributed by atoms with van der Waals surface area (Å²) in [6, 6.07) is 0.571. The standard InChI is InChI=1S/C13H24N6/c1-3-14-13(17-11-7-5-6-8-11)15-9-12-18-16-10-19(12)4-2/h10-11H,3-9H2,1-2H3,(H2,14,15,17). The summed E-state index contributed by atoms with van der Waals surface area (Å²) in [5.41, 5.74) is 0. The molecule has 1 heterocycles. The Morgan fingerprint density at radius 1 is 1.42 bits per heavy atom. The molecule has 1 fully saturated rings. The van der Waals surface area contributed by atoms with Crippen LogP contribution in [0.1, 0.15) is 45.4 Å². The van der Waals surface area contributed by atoms with E-state index in [2.05, 4.69) is 39.7 Å². The van der Waals surface area contributed by atoms with Crippen molar-refractivity contribution < 1.29 is 0 Å². The van der Waals surface area contributed by atoms with E-state index in [9.17, 15) is 0 Å². The van der Waals surface area contributed by atoms with E-state index in [0.717, 1.165) is 24.9 Å². The smallest absolute Gasteiger partial charge is 0.191 e. The molecule has 0 bridgehead atoms. The molecule has 106 valence electrons. The third-order valence-corrected chi connectivity index (χ3v) is 3.46. The van der Waals surface area contributed by atoms with Crippen molar-refractivity contribution in [3.8, 4) is 0 Å². The van der Waals surface area contributed by atoms with Gasteiger partial charge in [0.05, 0.1) is 0 Å². The average molecular weight is 264 g/mol. The highest BCUT2D eigenvalue weighted by Crippen LogP contribution is 2.17. The van der Waals surface area contributed by atoms with Crippen LogP contribution in [-0.4, -0.2) is 33.3 Å². The lowest BCUT2D eigenvalue weighted by Crippen LogP contribution is -2.42. The number of guanidine groups is 1. The predicted molar refractivity (Wildman–Crippen MR) is 75.9 cm³/mol. The SMILES string of the molecule is CCNC(=NCc1nncn1CC)NC1CCCC1. The van der Waals surface area contributed by atoms with E-state index in [1.54, 1.807) is 6.33 Å². The molecule has 6 heteroatoms. The summed E-state index contributed by atoms with van der Waals surface area (Å²) in [5.74, 6) is 1.80. The van der Waals surface area contributed by atoms with Crippen molar-refractivity contribution in [1.82, 2.24) is 25.4 Å². The number of aliphatic imine (C=N–C) groups is 1. The molecule has 0 saturated heterocycles. The first-order valence-corrected chi connectivity index (χ1v) is 7.25. The van der Waals surface area contributed by atoms with Gasteiger partial charge in [0.2, 0.25) is 0 Å². The van der Waals surface area contributed by atoms with Gasteiger partial charge in [0, 0.05) is 19.1 Å². The van der Waals surface area contributed by atoms with Crippen molar-refractivity contribution in [3.05, 3.63) is 12.2 Å². The summed E-state index contributed by atoms with van der Waals surface area (Å²) in [6.45, 7) is 6.48. The van der Waals surface area contributed by atoms with Crippen LogP contribution < -0.4 is 10.6 Å². The summed E-state index contributed by atoms with van der Waals surface area (Å²) in [5, 5.41) is 14.8. The van der Waals surface area contributed by atoms with Crippen LogP contribution >= 0.6 is 0 Å². The van der Waals surface area contributed by atoms with Crippen LogP contribution in [0.2, 0.25) is 0 Å². The Kier molecular flexibility index (Phi) is 5.18. The molecule has 1 aliphatic rings. The Hall–Kier alpha value is -1.59. The van der Waals surface area contributed by atoms with Crippen molar-refractivity contribution in [2.75, 3.05) is 6.54 Å². The summed E-state index contributed by atoms with van der Waals surface area (Å²) < 4.78 is 2.02. The fourth-order valence-electron chi connectivity index (χ4n) is 2.40. The van der Waals surface area contributed by atoms with Gasteiger partial charge in [-0.2, -0.15) is 0 Å². The number of aryl methyl sites for hydroxylation is 1. The molecule has 1 aliphatic carbocycles. The fourth-order valence-corrected chi connectivity index (χ4v) is 2.40. The third-order valence-electron chi connectivity index (χ3n) is 3.46. The van der Waals surface area contributed by atoms with Crippen LogP contribution in [-0.2, 0) is 13.1 Å². The number of rotatable bonds is 5. The summed E-state index contributed by atoms with van der Waals surface area (Å²) in [7, 11) is 0. The molecule has 1 aromatic rings. The summed E-state index contributed by atoms with van der Waals surface area (Å²) in [6.07, 6.45) is 6.88. The predicted octanol–water partition coefficient (Wildman–Crippen LogP) is 1.30. The molecule has 1 saturated carbocycles. The van der Waals surface area contributed by atoms with Crippen LogP contribution in [0.3, 0.4) is 0 Å². The van der Waals surface area contributed by atoms with E-state index in [1.165, 1.54) is 25.7 Å². The van der Waals surface area contributed by atoms with Gasteiger partial charge in [0.1, 0.15) is 12.9 Å². The van der Waals surface area contributed by atoms with Gasteiger partial charge < -0.3 is 15.2 Å². The molecule has 0 radical (unpaired) electrons. The van der Waals surface area contributed by atoms with E-state index in [4.69, 9.17) is 0 Å². The van der Waals surface area contributed by atoms with E-state index in [0.29, 0.717) is 12.6 Å². The Morgan fingerprint density at radius 2 is 2.21 bits per heavy atom. The van der Waals surface area contributed by atoms with Gasteiger partial charge >= 0.3 is 0 Å². The molecule has 1 aromatic heterocycles. The van der Waals surface area contributed by atoms with Gasteiger partial charge in [-0.15, -0.1) is 10.2 Å². The van der Waals surface area contributed by atoms with Crippen molar-refractivity contribution in [2.45, 2.75) is 58.7 Å². The maximum atomic E-state index is 4.60. The van der Waals surface area contributed by atoms with Crippen molar-refractivity contribution in [3.63, 3.8) is 0 Å². The molecule has 2 N–H and O–H groups in total. The molecule has 6 nitrogen and oxygen atoms in total. The van der Waals surface area contributed by atoms with Crippen LogP contribution in [0.25, 0.3) is 0 Å². The topological polar surface area (TPSA) is 67.1 Å². The Balaban J connectivity index is 1.95.